The average Bonchev–Trinajstić information content (AvgIpc) is 1.78. The molecule has 0 aromatic carbocycles. The Balaban J connectivity index is 0. The quantitative estimate of drug-likeness (QED) is 0.602. The SMILES string of the molecule is CCCCS(=O)(=O)OS(N)(=O)=O.[NaH]. The van der Waals surface area contributed by atoms with Crippen molar-refractivity contribution in [2.24, 2.45) is 5.14 Å². The molecule has 0 aromatic rings. The van der Waals surface area contributed by atoms with Crippen molar-refractivity contribution in [3.8, 4) is 0 Å². The molecule has 76 valence electrons. The van der Waals surface area contributed by atoms with Crippen molar-refractivity contribution in [1.29, 1.82) is 0 Å². The Hall–Kier alpha value is 0.820. The molecule has 0 aliphatic rings. The monoisotopic (exact) mass is 241 g/mol. The standard InChI is InChI=1S/C4H11NO5S2.Na.H/c1-2-3-4-11(6,7)10-12(5,8)9;;/h2-4H2,1H3,(H2,5,8,9);;. The van der Waals surface area contributed by atoms with Crippen molar-refractivity contribution in [1.82, 2.24) is 0 Å². The second-order valence-corrected chi connectivity index (χ2v) is 5.23. The van der Waals surface area contributed by atoms with Gasteiger partial charge in [0.05, 0.1) is 5.75 Å². The summed E-state index contributed by atoms with van der Waals surface area (Å²) in [6.45, 7) is 1.77. The van der Waals surface area contributed by atoms with Crippen LogP contribution in [-0.2, 0) is 24.1 Å². The Bertz CT molecular complexity index is 320. The predicted molar refractivity (Wildman–Crippen MR) is 50.0 cm³/mol. The minimum absolute atomic E-state index is 0. The number of rotatable bonds is 5. The minimum atomic E-state index is -4.40. The van der Waals surface area contributed by atoms with Gasteiger partial charge >= 0.3 is 39.9 Å². The van der Waals surface area contributed by atoms with Crippen molar-refractivity contribution in [3.63, 3.8) is 0 Å². The molecule has 9 heteroatoms. The first-order valence-corrected chi connectivity index (χ1v) is 6.28. The molecule has 6 nitrogen and oxygen atoms in total. The van der Waals surface area contributed by atoms with Crippen molar-refractivity contribution in [3.05, 3.63) is 0 Å². The van der Waals surface area contributed by atoms with Crippen LogP contribution in [0.3, 0.4) is 0 Å². The van der Waals surface area contributed by atoms with E-state index < -0.39 is 20.4 Å². The maximum atomic E-state index is 10.7. The summed E-state index contributed by atoms with van der Waals surface area (Å²) >= 11 is 0. The van der Waals surface area contributed by atoms with Crippen molar-refractivity contribution in [2.75, 3.05) is 5.75 Å². The fraction of sp³-hybridized carbons (Fsp3) is 1.00. The van der Waals surface area contributed by atoms with Crippen LogP contribution in [0.1, 0.15) is 19.8 Å². The second-order valence-electron chi connectivity index (χ2n) is 2.18. The van der Waals surface area contributed by atoms with Crippen molar-refractivity contribution >= 4 is 50.0 Å². The van der Waals surface area contributed by atoms with E-state index in [-0.39, 0.29) is 35.3 Å². The van der Waals surface area contributed by atoms with Gasteiger partial charge in [-0.25, -0.2) is 5.14 Å². The molecule has 0 saturated heterocycles. The predicted octanol–water partition coefficient (Wildman–Crippen LogP) is -1.31. The van der Waals surface area contributed by atoms with Crippen LogP contribution in [0.25, 0.3) is 0 Å². The van der Waals surface area contributed by atoms with E-state index in [9.17, 15) is 16.8 Å². The third kappa shape index (κ3) is 10.7. The molecule has 0 saturated carbocycles. The van der Waals surface area contributed by atoms with Crippen LogP contribution in [-0.4, -0.2) is 52.1 Å². The number of hydrogen-bond acceptors (Lipinski definition) is 5. The van der Waals surface area contributed by atoms with E-state index in [1.165, 1.54) is 0 Å². The summed E-state index contributed by atoms with van der Waals surface area (Å²) in [6, 6.07) is 0. The van der Waals surface area contributed by atoms with Gasteiger partial charge in [0.25, 0.3) is 10.1 Å². The molecule has 0 unspecified atom stereocenters. The summed E-state index contributed by atoms with van der Waals surface area (Å²) < 4.78 is 45.5. The molecule has 0 rings (SSSR count). The van der Waals surface area contributed by atoms with E-state index >= 15 is 0 Å². The Labute approximate surface area is 101 Å². The van der Waals surface area contributed by atoms with Gasteiger partial charge in [0.1, 0.15) is 0 Å². The van der Waals surface area contributed by atoms with Crippen LogP contribution >= 0.6 is 0 Å². The van der Waals surface area contributed by atoms with E-state index in [1.807, 2.05) is 0 Å². The van der Waals surface area contributed by atoms with Gasteiger partial charge in [-0.1, -0.05) is 13.3 Å². The Morgan fingerprint density at radius 1 is 1.23 bits per heavy atom. The third-order valence-electron chi connectivity index (χ3n) is 0.946. The van der Waals surface area contributed by atoms with Gasteiger partial charge in [-0.3, -0.25) is 0 Å². The molecule has 0 aromatic heterocycles. The molecule has 0 aliphatic heterocycles. The van der Waals surface area contributed by atoms with Crippen LogP contribution in [0.5, 0.6) is 0 Å². The molecule has 0 fully saturated rings. The molecular formula is C4H12NNaO5S2. The molecule has 0 aliphatic carbocycles. The van der Waals surface area contributed by atoms with Crippen molar-refractivity contribution < 1.29 is 20.5 Å². The number of hydrogen-bond donors (Lipinski definition) is 1. The summed E-state index contributed by atoms with van der Waals surface area (Å²) in [7, 11) is -8.41. The molecule has 0 radical (unpaired) electrons. The zero-order valence-corrected chi connectivity index (χ0v) is 8.19. The second kappa shape index (κ2) is 6.33. The van der Waals surface area contributed by atoms with Gasteiger partial charge in [-0.05, 0) is 6.42 Å². The fourth-order valence-electron chi connectivity index (χ4n) is 0.500. The molecule has 0 atom stereocenters. The summed E-state index contributed by atoms with van der Waals surface area (Å²) in [6.07, 6.45) is 0.977. The van der Waals surface area contributed by atoms with E-state index in [0.717, 1.165) is 0 Å². The van der Waals surface area contributed by atoms with Crippen LogP contribution in [0.15, 0.2) is 0 Å². The van der Waals surface area contributed by atoms with Gasteiger partial charge < -0.3 is 0 Å². The molecule has 0 heterocycles. The van der Waals surface area contributed by atoms with E-state index in [0.29, 0.717) is 12.8 Å². The fourth-order valence-corrected chi connectivity index (χ4v) is 2.57. The number of nitrogens with two attached hydrogens (primary N) is 1. The molecule has 13 heavy (non-hydrogen) atoms. The number of unbranched alkanes of at least 4 members (excludes halogenated alkanes) is 1. The normalized spacial score (nSPS) is 12.2. The van der Waals surface area contributed by atoms with Gasteiger partial charge in [0.15, 0.2) is 0 Å². The van der Waals surface area contributed by atoms with Crippen LogP contribution in [0.4, 0.5) is 0 Å². The maximum absolute atomic E-state index is 10.7. The molecule has 0 spiro atoms. The first-order chi connectivity index (χ1) is 5.27. The van der Waals surface area contributed by atoms with E-state index in [1.54, 1.807) is 6.92 Å². The van der Waals surface area contributed by atoms with E-state index in [2.05, 4.69) is 8.77 Å². The zero-order chi connectivity index (χ0) is 9.83. The zero-order valence-electron chi connectivity index (χ0n) is 6.56. The van der Waals surface area contributed by atoms with Gasteiger partial charge in [0.2, 0.25) is 0 Å². The summed E-state index contributed by atoms with van der Waals surface area (Å²) in [5.74, 6) is -0.333. The van der Waals surface area contributed by atoms with Crippen LogP contribution in [0, 0.1) is 0 Å². The topological polar surface area (TPSA) is 104 Å². The van der Waals surface area contributed by atoms with Crippen LogP contribution in [0.2, 0.25) is 0 Å². The Morgan fingerprint density at radius 3 is 2.00 bits per heavy atom. The van der Waals surface area contributed by atoms with E-state index in [4.69, 9.17) is 0 Å². The Kier molecular flexibility index (Phi) is 7.92. The third-order valence-corrected chi connectivity index (χ3v) is 3.32. The molecule has 2 N–H and O–H groups in total. The van der Waals surface area contributed by atoms with Crippen molar-refractivity contribution in [2.45, 2.75) is 19.8 Å². The summed E-state index contributed by atoms with van der Waals surface area (Å²) in [5.41, 5.74) is 0. The average molecular weight is 241 g/mol. The van der Waals surface area contributed by atoms with Gasteiger partial charge in [0, 0.05) is 0 Å². The summed E-state index contributed by atoms with van der Waals surface area (Å²) in [5, 5.41) is 4.36. The first kappa shape index (κ1) is 16.3. The molecule has 0 amide bonds. The molecule has 0 bridgehead atoms. The summed E-state index contributed by atoms with van der Waals surface area (Å²) in [4.78, 5) is 0. The first-order valence-electron chi connectivity index (χ1n) is 3.23. The molecular weight excluding hydrogens is 229 g/mol. The Morgan fingerprint density at radius 2 is 1.69 bits per heavy atom. The van der Waals surface area contributed by atoms with Gasteiger partial charge in [-0.15, -0.1) is 3.63 Å². The van der Waals surface area contributed by atoms with Crippen LogP contribution < -0.4 is 5.14 Å². The van der Waals surface area contributed by atoms with Gasteiger partial charge in [-0.2, -0.15) is 16.8 Å².